The first-order chi connectivity index (χ1) is 14.4. The molecule has 0 bridgehead atoms. The van der Waals surface area contributed by atoms with Gasteiger partial charge in [0.1, 0.15) is 0 Å². The Bertz CT molecular complexity index is 1040. The van der Waals surface area contributed by atoms with Crippen molar-refractivity contribution >= 4 is 11.9 Å². The molecule has 0 spiro atoms. The molecule has 0 N–H and O–H groups in total. The first-order valence-electron chi connectivity index (χ1n) is 10.0. The molecule has 4 nitrogen and oxygen atoms in total. The smallest absolute Gasteiger partial charge is 0.343 e. The van der Waals surface area contributed by atoms with E-state index in [1.165, 1.54) is 0 Å². The van der Waals surface area contributed by atoms with Gasteiger partial charge in [0, 0.05) is 0 Å². The molecule has 30 heavy (non-hydrogen) atoms. The van der Waals surface area contributed by atoms with Gasteiger partial charge in [-0.05, 0) is 67.1 Å². The normalized spacial score (nSPS) is 10.7. The van der Waals surface area contributed by atoms with Crippen molar-refractivity contribution in [2.24, 2.45) is 5.92 Å². The van der Waals surface area contributed by atoms with Gasteiger partial charge in [-0.2, -0.15) is 0 Å². The molecule has 154 valence electrons. The molecule has 0 heterocycles. The van der Waals surface area contributed by atoms with Gasteiger partial charge in [0.05, 0.1) is 11.1 Å². The second-order valence-corrected chi connectivity index (χ2v) is 7.74. The molecule has 0 unspecified atom stereocenters. The van der Waals surface area contributed by atoms with Crippen LogP contribution in [0.2, 0.25) is 0 Å². The number of carbonyl (C=O) groups is 2. The molecule has 0 saturated carbocycles. The molecular formula is C26H26O4. The summed E-state index contributed by atoms with van der Waals surface area (Å²) in [5, 5.41) is 0. The van der Waals surface area contributed by atoms with Gasteiger partial charge < -0.3 is 9.47 Å². The number of carbonyl (C=O) groups excluding carboxylic acids is 2. The fourth-order valence-electron chi connectivity index (χ4n) is 3.28. The number of hydrogen-bond acceptors (Lipinski definition) is 4. The number of rotatable bonds is 6. The predicted molar refractivity (Wildman–Crippen MR) is 117 cm³/mol. The number of hydrogen-bond donors (Lipinski definition) is 0. The Morgan fingerprint density at radius 1 is 0.767 bits per heavy atom. The van der Waals surface area contributed by atoms with Gasteiger partial charge in [0.25, 0.3) is 0 Å². The van der Waals surface area contributed by atoms with Crippen LogP contribution in [0.5, 0.6) is 11.5 Å². The van der Waals surface area contributed by atoms with Crippen molar-refractivity contribution in [3.05, 3.63) is 94.5 Å². The number of esters is 2. The molecular weight excluding hydrogens is 376 g/mol. The fourth-order valence-corrected chi connectivity index (χ4v) is 3.28. The van der Waals surface area contributed by atoms with Crippen molar-refractivity contribution < 1.29 is 19.1 Å². The number of ether oxygens (including phenoxy) is 2. The maximum Gasteiger partial charge on any atom is 0.343 e. The van der Waals surface area contributed by atoms with E-state index in [4.69, 9.17) is 9.47 Å². The summed E-state index contributed by atoms with van der Waals surface area (Å²) in [5.41, 5.74) is 3.48. The highest BCUT2D eigenvalue weighted by atomic mass is 16.6. The minimum Gasteiger partial charge on any atom is -0.419 e. The van der Waals surface area contributed by atoms with E-state index in [0.717, 1.165) is 23.1 Å². The van der Waals surface area contributed by atoms with Gasteiger partial charge in [-0.15, -0.1) is 0 Å². The van der Waals surface area contributed by atoms with Crippen molar-refractivity contribution in [1.82, 2.24) is 0 Å². The van der Waals surface area contributed by atoms with E-state index in [-0.39, 0.29) is 5.75 Å². The summed E-state index contributed by atoms with van der Waals surface area (Å²) in [7, 11) is 0. The van der Waals surface area contributed by atoms with Crippen molar-refractivity contribution in [3.8, 4) is 11.5 Å². The Morgan fingerprint density at radius 2 is 1.23 bits per heavy atom. The van der Waals surface area contributed by atoms with Crippen LogP contribution in [0.1, 0.15) is 51.3 Å². The molecule has 0 saturated heterocycles. The molecule has 0 fully saturated rings. The molecule has 4 heteroatoms. The van der Waals surface area contributed by atoms with Crippen LogP contribution in [0.25, 0.3) is 0 Å². The van der Waals surface area contributed by atoms with E-state index in [1.807, 2.05) is 32.0 Å². The lowest BCUT2D eigenvalue weighted by Crippen LogP contribution is -2.15. The first kappa shape index (κ1) is 21.3. The highest BCUT2D eigenvalue weighted by Crippen LogP contribution is 2.38. The van der Waals surface area contributed by atoms with Crippen LogP contribution in [0.3, 0.4) is 0 Å². The van der Waals surface area contributed by atoms with Crippen LogP contribution in [0.15, 0.2) is 66.7 Å². The molecule has 3 aromatic rings. The number of benzene rings is 3. The highest BCUT2D eigenvalue weighted by molar-refractivity contribution is 5.93. The minimum absolute atomic E-state index is 0.276. The van der Waals surface area contributed by atoms with E-state index in [2.05, 4.69) is 13.8 Å². The predicted octanol–water partition coefficient (Wildman–Crippen LogP) is 5.94. The molecule has 3 rings (SSSR count). The fraction of sp³-hybridized carbons (Fsp3) is 0.231. The summed E-state index contributed by atoms with van der Waals surface area (Å²) >= 11 is 0. The molecule has 3 aromatic carbocycles. The van der Waals surface area contributed by atoms with Crippen molar-refractivity contribution in [3.63, 3.8) is 0 Å². The second kappa shape index (κ2) is 9.40. The summed E-state index contributed by atoms with van der Waals surface area (Å²) < 4.78 is 11.5. The maximum atomic E-state index is 12.8. The lowest BCUT2D eigenvalue weighted by Gasteiger charge is -2.19. The topological polar surface area (TPSA) is 52.6 Å². The standard InChI is InChI=1S/C26H26O4/c1-17(2)15-22-16-18(3)23(29-25(27)20-11-7-5-8-12-20)24(19(22)4)30-26(28)21-13-9-6-10-14-21/h5-14,16-17H,15H2,1-4H3. The van der Waals surface area contributed by atoms with Crippen LogP contribution < -0.4 is 9.47 Å². The second-order valence-electron chi connectivity index (χ2n) is 7.74. The lowest BCUT2D eigenvalue weighted by atomic mass is 9.95. The first-order valence-corrected chi connectivity index (χ1v) is 10.0. The van der Waals surface area contributed by atoms with E-state index in [9.17, 15) is 9.59 Å². The van der Waals surface area contributed by atoms with Crippen molar-refractivity contribution in [2.45, 2.75) is 34.1 Å². The Morgan fingerprint density at radius 3 is 1.70 bits per heavy atom. The zero-order valence-electron chi connectivity index (χ0n) is 17.8. The molecule has 0 aliphatic heterocycles. The third kappa shape index (κ3) is 4.95. The van der Waals surface area contributed by atoms with Gasteiger partial charge in [0.15, 0.2) is 11.5 Å². The van der Waals surface area contributed by atoms with Gasteiger partial charge in [-0.1, -0.05) is 56.3 Å². The van der Waals surface area contributed by atoms with E-state index in [1.54, 1.807) is 48.5 Å². The Balaban J connectivity index is 2.02. The van der Waals surface area contributed by atoms with Crippen LogP contribution in [-0.4, -0.2) is 11.9 Å². The quantitative estimate of drug-likeness (QED) is 0.378. The highest BCUT2D eigenvalue weighted by Gasteiger charge is 2.23. The van der Waals surface area contributed by atoms with Gasteiger partial charge in [-0.25, -0.2) is 9.59 Å². The zero-order chi connectivity index (χ0) is 21.7. The van der Waals surface area contributed by atoms with E-state index in [0.29, 0.717) is 22.8 Å². The molecule has 0 radical (unpaired) electrons. The van der Waals surface area contributed by atoms with Gasteiger partial charge >= 0.3 is 11.9 Å². The summed E-state index contributed by atoms with van der Waals surface area (Å²) in [6.45, 7) is 8.02. The van der Waals surface area contributed by atoms with Crippen molar-refractivity contribution in [2.75, 3.05) is 0 Å². The third-order valence-electron chi connectivity index (χ3n) is 4.81. The largest absolute Gasteiger partial charge is 0.419 e. The van der Waals surface area contributed by atoms with Crippen LogP contribution in [-0.2, 0) is 6.42 Å². The Kier molecular flexibility index (Phi) is 6.68. The molecule has 0 amide bonds. The van der Waals surface area contributed by atoms with E-state index < -0.39 is 11.9 Å². The molecule has 0 atom stereocenters. The van der Waals surface area contributed by atoms with Crippen LogP contribution in [0, 0.1) is 19.8 Å². The van der Waals surface area contributed by atoms with E-state index >= 15 is 0 Å². The monoisotopic (exact) mass is 402 g/mol. The van der Waals surface area contributed by atoms with Gasteiger partial charge in [0.2, 0.25) is 0 Å². The van der Waals surface area contributed by atoms with Gasteiger partial charge in [-0.3, -0.25) is 0 Å². The Labute approximate surface area is 177 Å². The summed E-state index contributed by atoms with van der Waals surface area (Å²) in [4.78, 5) is 25.4. The lowest BCUT2D eigenvalue weighted by molar-refractivity contribution is 0.0680. The van der Waals surface area contributed by atoms with Crippen LogP contribution >= 0.6 is 0 Å². The maximum absolute atomic E-state index is 12.8. The SMILES string of the molecule is Cc1cc(CC(C)C)c(C)c(OC(=O)c2ccccc2)c1OC(=O)c1ccccc1. The van der Waals surface area contributed by atoms with Crippen molar-refractivity contribution in [1.29, 1.82) is 0 Å². The minimum atomic E-state index is -0.494. The summed E-state index contributed by atoms with van der Waals surface area (Å²) in [6, 6.07) is 19.5. The molecule has 0 aliphatic rings. The average molecular weight is 402 g/mol. The summed E-state index contributed by atoms with van der Waals surface area (Å²) in [6.07, 6.45) is 0.829. The molecule has 0 aliphatic carbocycles. The Hall–Kier alpha value is -3.40. The summed E-state index contributed by atoms with van der Waals surface area (Å²) in [5.74, 6) is 0.0175. The third-order valence-corrected chi connectivity index (χ3v) is 4.81. The molecule has 0 aromatic heterocycles. The average Bonchev–Trinajstić information content (AvgIpc) is 2.74. The zero-order valence-corrected chi connectivity index (χ0v) is 17.8. The van der Waals surface area contributed by atoms with Crippen LogP contribution in [0.4, 0.5) is 0 Å². The number of aryl methyl sites for hydroxylation is 1.